The van der Waals surface area contributed by atoms with Crippen molar-refractivity contribution in [3.63, 3.8) is 0 Å². The van der Waals surface area contributed by atoms with Crippen molar-refractivity contribution in [3.8, 4) is 11.1 Å². The highest BCUT2D eigenvalue weighted by molar-refractivity contribution is 7.17. The van der Waals surface area contributed by atoms with Crippen LogP contribution in [0.1, 0.15) is 0 Å². The van der Waals surface area contributed by atoms with Crippen LogP contribution in [0.25, 0.3) is 21.4 Å². The molecule has 4 heteroatoms. The minimum atomic E-state index is -0.00796. The van der Waals surface area contributed by atoms with Gasteiger partial charge in [-0.3, -0.25) is 4.79 Å². The van der Waals surface area contributed by atoms with Gasteiger partial charge in [-0.25, -0.2) is 0 Å². The largest absolute Gasteiger partial charge is 0.463 e. The smallest absolute Gasteiger partial charge is 0.202 e. The van der Waals surface area contributed by atoms with Gasteiger partial charge in [0.2, 0.25) is 5.43 Å². The zero-order chi connectivity index (χ0) is 11.8. The summed E-state index contributed by atoms with van der Waals surface area (Å²) in [6.45, 7) is 0. The van der Waals surface area contributed by atoms with E-state index in [0.29, 0.717) is 16.0 Å². The minimum absolute atomic E-state index is 0.00796. The van der Waals surface area contributed by atoms with E-state index in [4.69, 9.17) is 10.2 Å². The molecule has 0 spiro atoms. The molecule has 0 saturated carbocycles. The molecule has 0 aliphatic heterocycles. The average Bonchev–Trinajstić information content (AvgIpc) is 2.74. The maximum Gasteiger partial charge on any atom is 0.202 e. The van der Waals surface area contributed by atoms with Crippen molar-refractivity contribution in [2.24, 2.45) is 0 Å². The first kappa shape index (κ1) is 10.1. The van der Waals surface area contributed by atoms with Crippen LogP contribution in [0.4, 0.5) is 5.69 Å². The maximum atomic E-state index is 11.6. The molecule has 3 nitrogen and oxygen atoms in total. The minimum Gasteiger partial charge on any atom is -0.463 e. The lowest BCUT2D eigenvalue weighted by molar-refractivity contribution is 0.605. The van der Waals surface area contributed by atoms with Crippen molar-refractivity contribution in [1.29, 1.82) is 0 Å². The molecule has 3 aromatic rings. The van der Waals surface area contributed by atoms with Gasteiger partial charge in [-0.15, -0.1) is 11.3 Å². The van der Waals surface area contributed by atoms with E-state index in [-0.39, 0.29) is 5.43 Å². The van der Waals surface area contributed by atoms with Crippen LogP contribution < -0.4 is 11.2 Å². The van der Waals surface area contributed by atoms with Gasteiger partial charge in [0.1, 0.15) is 4.70 Å². The number of benzene rings is 1. The van der Waals surface area contributed by atoms with Crippen LogP contribution in [-0.2, 0) is 0 Å². The molecule has 0 radical (unpaired) electrons. The predicted molar refractivity (Wildman–Crippen MR) is 70.2 cm³/mol. The number of nitrogen functional groups attached to an aromatic ring is 1. The lowest BCUT2D eigenvalue weighted by Gasteiger charge is -2.00. The summed E-state index contributed by atoms with van der Waals surface area (Å²) < 4.78 is 6.07. The van der Waals surface area contributed by atoms with Crippen molar-refractivity contribution in [1.82, 2.24) is 0 Å². The van der Waals surface area contributed by atoms with Gasteiger partial charge in [-0.05, 0) is 17.7 Å². The fourth-order valence-electron chi connectivity index (χ4n) is 1.78. The summed E-state index contributed by atoms with van der Waals surface area (Å²) in [7, 11) is 0. The predicted octanol–water partition coefficient (Wildman–Crippen LogP) is 3.10. The van der Waals surface area contributed by atoms with Crippen molar-refractivity contribution >= 4 is 27.3 Å². The highest BCUT2D eigenvalue weighted by Gasteiger charge is 2.10. The third-order valence-electron chi connectivity index (χ3n) is 2.57. The zero-order valence-corrected chi connectivity index (χ0v) is 9.66. The Morgan fingerprint density at radius 3 is 2.94 bits per heavy atom. The Kier molecular flexibility index (Phi) is 2.23. The van der Waals surface area contributed by atoms with Crippen molar-refractivity contribution in [2.45, 2.75) is 0 Å². The molecule has 2 heterocycles. The van der Waals surface area contributed by atoms with Crippen LogP contribution in [0.2, 0.25) is 0 Å². The highest BCUT2D eigenvalue weighted by Crippen LogP contribution is 2.32. The molecule has 0 saturated heterocycles. The summed E-state index contributed by atoms with van der Waals surface area (Å²) in [6, 6.07) is 8.96. The van der Waals surface area contributed by atoms with E-state index in [0.717, 1.165) is 11.1 Å². The summed E-state index contributed by atoms with van der Waals surface area (Å²) in [4.78, 5) is 11.6. The van der Waals surface area contributed by atoms with Gasteiger partial charge < -0.3 is 10.2 Å². The number of nitrogens with two attached hydrogens (primary N) is 1. The molecule has 0 aliphatic rings. The van der Waals surface area contributed by atoms with Gasteiger partial charge in [0, 0.05) is 22.7 Å². The highest BCUT2D eigenvalue weighted by atomic mass is 32.1. The SMILES string of the molecule is Nc1cccc(-c2csc3c(=O)ccoc23)c1. The topological polar surface area (TPSA) is 56.2 Å². The molecule has 0 bridgehead atoms. The number of rotatable bonds is 1. The quantitative estimate of drug-likeness (QED) is 0.668. The molecule has 0 aliphatic carbocycles. The Balaban J connectivity index is 2.32. The van der Waals surface area contributed by atoms with Crippen LogP contribution in [0.5, 0.6) is 0 Å². The van der Waals surface area contributed by atoms with Crippen molar-refractivity contribution in [3.05, 3.63) is 52.2 Å². The molecule has 0 amide bonds. The van der Waals surface area contributed by atoms with Gasteiger partial charge in [0.05, 0.1) is 6.26 Å². The average molecular weight is 243 g/mol. The van der Waals surface area contributed by atoms with Gasteiger partial charge in [0.25, 0.3) is 0 Å². The fourth-order valence-corrected chi connectivity index (χ4v) is 2.71. The lowest BCUT2D eigenvalue weighted by atomic mass is 10.1. The van der Waals surface area contributed by atoms with Crippen LogP contribution >= 0.6 is 11.3 Å². The number of fused-ring (bicyclic) bond motifs is 1. The second kappa shape index (κ2) is 3.75. The third-order valence-corrected chi connectivity index (χ3v) is 3.55. The van der Waals surface area contributed by atoms with E-state index in [9.17, 15) is 4.79 Å². The Hall–Kier alpha value is -2.07. The van der Waals surface area contributed by atoms with E-state index in [1.165, 1.54) is 23.7 Å². The first-order chi connectivity index (χ1) is 8.25. The Morgan fingerprint density at radius 1 is 1.24 bits per heavy atom. The fraction of sp³-hybridized carbons (Fsp3) is 0. The monoisotopic (exact) mass is 243 g/mol. The molecule has 0 fully saturated rings. The molecule has 2 aromatic heterocycles. The second-order valence-corrected chi connectivity index (χ2v) is 4.60. The molecule has 1 aromatic carbocycles. The summed E-state index contributed by atoms with van der Waals surface area (Å²) in [5, 5.41) is 1.92. The first-order valence-electron chi connectivity index (χ1n) is 5.10. The molecule has 17 heavy (non-hydrogen) atoms. The summed E-state index contributed by atoms with van der Waals surface area (Å²) in [5.74, 6) is 0. The molecule has 0 unspecified atom stereocenters. The van der Waals surface area contributed by atoms with Crippen LogP contribution in [0.15, 0.2) is 51.2 Å². The molecular weight excluding hydrogens is 234 g/mol. The van der Waals surface area contributed by atoms with Gasteiger partial charge in [-0.2, -0.15) is 0 Å². The molecule has 2 N–H and O–H groups in total. The molecule has 3 rings (SSSR count). The van der Waals surface area contributed by atoms with Crippen molar-refractivity contribution in [2.75, 3.05) is 5.73 Å². The molecule has 0 atom stereocenters. The Bertz CT molecular complexity index is 742. The number of hydrogen-bond donors (Lipinski definition) is 1. The van der Waals surface area contributed by atoms with E-state index in [2.05, 4.69) is 0 Å². The zero-order valence-electron chi connectivity index (χ0n) is 8.84. The van der Waals surface area contributed by atoms with E-state index in [1.54, 1.807) is 0 Å². The maximum absolute atomic E-state index is 11.6. The van der Waals surface area contributed by atoms with Crippen LogP contribution in [0.3, 0.4) is 0 Å². The Labute approximate surface area is 101 Å². The van der Waals surface area contributed by atoms with Gasteiger partial charge in [-0.1, -0.05) is 12.1 Å². The normalized spacial score (nSPS) is 10.8. The lowest BCUT2D eigenvalue weighted by Crippen LogP contribution is -1.94. The molecular formula is C13H9NO2S. The number of anilines is 1. The third kappa shape index (κ3) is 1.62. The summed E-state index contributed by atoms with van der Waals surface area (Å²) in [6.07, 6.45) is 1.42. The molecule has 84 valence electrons. The number of thiophene rings is 1. The first-order valence-corrected chi connectivity index (χ1v) is 5.98. The standard InChI is InChI=1S/C13H9NO2S/c14-9-3-1-2-8(6-9)10-7-17-13-11(15)4-5-16-12(10)13/h1-7H,14H2. The second-order valence-electron chi connectivity index (χ2n) is 3.72. The summed E-state index contributed by atoms with van der Waals surface area (Å²) in [5.41, 5.74) is 8.94. The van der Waals surface area contributed by atoms with Crippen molar-refractivity contribution < 1.29 is 4.42 Å². The van der Waals surface area contributed by atoms with Gasteiger partial charge in [0.15, 0.2) is 5.58 Å². The van der Waals surface area contributed by atoms with Gasteiger partial charge >= 0.3 is 0 Å². The Morgan fingerprint density at radius 2 is 2.12 bits per heavy atom. The van der Waals surface area contributed by atoms with E-state index < -0.39 is 0 Å². The van der Waals surface area contributed by atoms with Crippen LogP contribution in [0, 0.1) is 0 Å². The number of hydrogen-bond acceptors (Lipinski definition) is 4. The van der Waals surface area contributed by atoms with Crippen LogP contribution in [-0.4, -0.2) is 0 Å². The summed E-state index contributed by atoms with van der Waals surface area (Å²) >= 11 is 1.39. The van der Waals surface area contributed by atoms with E-state index in [1.807, 2.05) is 29.6 Å². The van der Waals surface area contributed by atoms with E-state index >= 15 is 0 Å².